The van der Waals surface area contributed by atoms with Crippen LogP contribution in [0.5, 0.6) is 0 Å². The van der Waals surface area contributed by atoms with Gasteiger partial charge in [-0.15, -0.1) is 11.8 Å². The lowest BCUT2D eigenvalue weighted by Crippen LogP contribution is -2.38. The van der Waals surface area contributed by atoms with Gasteiger partial charge in [0.25, 0.3) is 0 Å². The summed E-state index contributed by atoms with van der Waals surface area (Å²) in [7, 11) is 0. The molecule has 0 radical (unpaired) electrons. The SMILES string of the molecule is CC(=O)O[C@H]1CSC(C(F)(F)F)=C[C@H]1OC(C)=O. The van der Waals surface area contributed by atoms with Crippen LogP contribution in [0.3, 0.4) is 0 Å². The van der Waals surface area contributed by atoms with E-state index in [1.54, 1.807) is 0 Å². The maximum atomic E-state index is 12.5. The van der Waals surface area contributed by atoms with Crippen LogP contribution in [0, 0.1) is 0 Å². The third kappa shape index (κ3) is 4.25. The number of carbonyl (C=O) groups is 2. The lowest BCUT2D eigenvalue weighted by Gasteiger charge is -2.29. The van der Waals surface area contributed by atoms with Crippen molar-refractivity contribution in [2.45, 2.75) is 32.2 Å². The van der Waals surface area contributed by atoms with Crippen molar-refractivity contribution in [2.24, 2.45) is 0 Å². The fourth-order valence-corrected chi connectivity index (χ4v) is 2.36. The van der Waals surface area contributed by atoms with Crippen LogP contribution in [-0.2, 0) is 19.1 Å². The monoisotopic (exact) mass is 284 g/mol. The van der Waals surface area contributed by atoms with Gasteiger partial charge in [-0.3, -0.25) is 9.59 Å². The van der Waals surface area contributed by atoms with Crippen molar-refractivity contribution in [1.29, 1.82) is 0 Å². The molecule has 0 aromatic rings. The average molecular weight is 284 g/mol. The minimum atomic E-state index is -4.50. The van der Waals surface area contributed by atoms with Crippen molar-refractivity contribution in [3.8, 4) is 0 Å². The number of thioether (sulfide) groups is 1. The molecule has 18 heavy (non-hydrogen) atoms. The third-order valence-electron chi connectivity index (χ3n) is 1.98. The smallest absolute Gasteiger partial charge is 0.422 e. The lowest BCUT2D eigenvalue weighted by molar-refractivity contribution is -0.160. The number of carbonyl (C=O) groups excluding carboxylic acids is 2. The maximum absolute atomic E-state index is 12.5. The summed E-state index contributed by atoms with van der Waals surface area (Å²) in [5.74, 6) is -1.48. The van der Waals surface area contributed by atoms with Crippen LogP contribution in [0.2, 0.25) is 0 Å². The minimum Gasteiger partial charge on any atom is -0.457 e. The van der Waals surface area contributed by atoms with Gasteiger partial charge in [-0.05, 0) is 6.08 Å². The molecule has 0 saturated heterocycles. The van der Waals surface area contributed by atoms with E-state index < -0.39 is 35.2 Å². The summed E-state index contributed by atoms with van der Waals surface area (Å²) in [6.45, 7) is 2.21. The molecule has 2 atom stereocenters. The number of alkyl halides is 3. The Kier molecular flexibility index (Phi) is 4.66. The predicted molar refractivity (Wildman–Crippen MR) is 57.7 cm³/mol. The standard InChI is InChI=1S/C10H11F3O4S/c1-5(14)16-7-3-9(10(11,12)13)18-4-8(7)17-6(2)15/h3,7-8H,4H2,1-2H3/t7-,8+/m1/s1. The van der Waals surface area contributed by atoms with Crippen LogP contribution < -0.4 is 0 Å². The molecule has 0 unspecified atom stereocenters. The molecule has 4 nitrogen and oxygen atoms in total. The zero-order chi connectivity index (χ0) is 13.9. The number of rotatable bonds is 2. The number of allylic oxidation sites excluding steroid dienone is 1. The second-order valence-electron chi connectivity index (χ2n) is 3.56. The number of ether oxygens (including phenoxy) is 2. The summed E-state index contributed by atoms with van der Waals surface area (Å²) >= 11 is 0.519. The highest BCUT2D eigenvalue weighted by molar-refractivity contribution is 8.03. The number of esters is 2. The summed E-state index contributed by atoms with van der Waals surface area (Å²) < 4.78 is 47.1. The van der Waals surface area contributed by atoms with Gasteiger partial charge in [0.05, 0.1) is 4.91 Å². The molecule has 0 aromatic heterocycles. The van der Waals surface area contributed by atoms with E-state index in [-0.39, 0.29) is 5.75 Å². The van der Waals surface area contributed by atoms with Gasteiger partial charge in [-0.2, -0.15) is 13.2 Å². The molecule has 0 saturated carbocycles. The zero-order valence-electron chi connectivity index (χ0n) is 9.61. The molecule has 1 aliphatic heterocycles. The second-order valence-corrected chi connectivity index (χ2v) is 4.62. The number of halogens is 3. The Morgan fingerprint density at radius 2 is 1.83 bits per heavy atom. The molecule has 0 fully saturated rings. The quantitative estimate of drug-likeness (QED) is 0.726. The molecule has 0 N–H and O–H groups in total. The van der Waals surface area contributed by atoms with Crippen molar-refractivity contribution >= 4 is 23.7 Å². The highest BCUT2D eigenvalue weighted by Crippen LogP contribution is 2.39. The van der Waals surface area contributed by atoms with Gasteiger partial charge in [0.2, 0.25) is 0 Å². The summed E-state index contributed by atoms with van der Waals surface area (Å²) in [4.78, 5) is 20.8. The van der Waals surface area contributed by atoms with Gasteiger partial charge < -0.3 is 9.47 Å². The van der Waals surface area contributed by atoms with E-state index in [0.29, 0.717) is 11.8 Å². The number of hydrogen-bond donors (Lipinski definition) is 0. The normalized spacial score (nSPS) is 24.2. The molecular formula is C10H11F3O4S. The summed E-state index contributed by atoms with van der Waals surface area (Å²) in [6.07, 6.45) is -5.83. The topological polar surface area (TPSA) is 52.6 Å². The van der Waals surface area contributed by atoms with Crippen molar-refractivity contribution < 1.29 is 32.2 Å². The van der Waals surface area contributed by atoms with E-state index >= 15 is 0 Å². The summed E-state index contributed by atoms with van der Waals surface area (Å²) in [5, 5.41) is 0. The van der Waals surface area contributed by atoms with Gasteiger partial charge in [-0.1, -0.05) is 0 Å². The Morgan fingerprint density at radius 3 is 2.28 bits per heavy atom. The third-order valence-corrected chi connectivity index (χ3v) is 3.16. The Labute approximate surface area is 105 Å². The van der Waals surface area contributed by atoms with Crippen molar-refractivity contribution in [3.63, 3.8) is 0 Å². The number of hydrogen-bond acceptors (Lipinski definition) is 5. The van der Waals surface area contributed by atoms with Crippen LogP contribution in [0.15, 0.2) is 11.0 Å². The van der Waals surface area contributed by atoms with Crippen LogP contribution in [0.25, 0.3) is 0 Å². The van der Waals surface area contributed by atoms with Crippen LogP contribution in [-0.4, -0.2) is 36.1 Å². The molecule has 102 valence electrons. The Morgan fingerprint density at radius 1 is 1.28 bits per heavy atom. The van der Waals surface area contributed by atoms with E-state index in [1.165, 1.54) is 0 Å². The van der Waals surface area contributed by atoms with Crippen LogP contribution in [0.4, 0.5) is 13.2 Å². The Hall–Kier alpha value is -1.18. The highest BCUT2D eigenvalue weighted by Gasteiger charge is 2.41. The van der Waals surface area contributed by atoms with E-state index in [0.717, 1.165) is 19.9 Å². The molecule has 0 aliphatic carbocycles. The molecule has 0 bridgehead atoms. The first-order valence-corrected chi connectivity index (χ1v) is 5.95. The van der Waals surface area contributed by atoms with E-state index in [1.807, 2.05) is 0 Å². The highest BCUT2D eigenvalue weighted by atomic mass is 32.2. The van der Waals surface area contributed by atoms with E-state index in [9.17, 15) is 22.8 Å². The fraction of sp³-hybridized carbons (Fsp3) is 0.600. The first-order chi connectivity index (χ1) is 8.20. The predicted octanol–water partition coefficient (Wildman–Crippen LogP) is 2.04. The molecule has 1 heterocycles. The molecule has 1 rings (SSSR count). The van der Waals surface area contributed by atoms with Crippen molar-refractivity contribution in [2.75, 3.05) is 5.75 Å². The molecule has 8 heteroatoms. The first-order valence-electron chi connectivity index (χ1n) is 4.96. The lowest BCUT2D eigenvalue weighted by atomic mass is 10.2. The Balaban J connectivity index is 2.89. The van der Waals surface area contributed by atoms with Crippen LogP contribution in [0.1, 0.15) is 13.8 Å². The molecule has 0 spiro atoms. The largest absolute Gasteiger partial charge is 0.457 e. The van der Waals surface area contributed by atoms with Gasteiger partial charge in [-0.25, -0.2) is 0 Å². The minimum absolute atomic E-state index is 0.108. The van der Waals surface area contributed by atoms with Gasteiger partial charge >= 0.3 is 18.1 Å². The summed E-state index contributed by atoms with van der Waals surface area (Å²) in [6, 6.07) is 0. The van der Waals surface area contributed by atoms with Gasteiger partial charge in [0, 0.05) is 19.6 Å². The second kappa shape index (κ2) is 5.64. The van der Waals surface area contributed by atoms with Crippen molar-refractivity contribution in [1.82, 2.24) is 0 Å². The average Bonchev–Trinajstić information content (AvgIpc) is 2.17. The first kappa shape index (κ1) is 14.9. The zero-order valence-corrected chi connectivity index (χ0v) is 10.4. The van der Waals surface area contributed by atoms with Crippen molar-refractivity contribution in [3.05, 3.63) is 11.0 Å². The fourth-order valence-electron chi connectivity index (χ4n) is 1.36. The maximum Gasteiger partial charge on any atom is 0.422 e. The van der Waals surface area contributed by atoms with E-state index in [2.05, 4.69) is 0 Å². The molecular weight excluding hydrogens is 273 g/mol. The van der Waals surface area contributed by atoms with Crippen LogP contribution >= 0.6 is 11.8 Å². The van der Waals surface area contributed by atoms with Gasteiger partial charge in [0.15, 0.2) is 12.2 Å². The molecule has 0 aromatic carbocycles. The van der Waals surface area contributed by atoms with E-state index in [4.69, 9.17) is 9.47 Å². The summed E-state index contributed by atoms with van der Waals surface area (Å²) in [5.41, 5.74) is 0. The van der Waals surface area contributed by atoms with Gasteiger partial charge in [0.1, 0.15) is 0 Å². The Bertz CT molecular complexity index is 378. The molecule has 1 aliphatic rings. The molecule has 0 amide bonds.